The van der Waals surface area contributed by atoms with E-state index in [4.69, 9.17) is 0 Å². The third-order valence-corrected chi connectivity index (χ3v) is 9.05. The lowest BCUT2D eigenvalue weighted by Crippen LogP contribution is -2.65. The maximum absolute atomic E-state index is 15.7. The molecular formula is C29H24F2N4O3S. The van der Waals surface area contributed by atoms with Crippen LogP contribution in [0.4, 0.5) is 8.78 Å². The van der Waals surface area contributed by atoms with Crippen molar-refractivity contribution in [2.45, 2.75) is 38.9 Å². The lowest BCUT2D eigenvalue weighted by molar-refractivity contribution is 0.0245. The van der Waals surface area contributed by atoms with E-state index in [-0.39, 0.29) is 16.7 Å². The van der Waals surface area contributed by atoms with Gasteiger partial charge in [-0.15, -0.1) is 11.3 Å². The van der Waals surface area contributed by atoms with Crippen molar-refractivity contribution in [1.29, 1.82) is 0 Å². The highest BCUT2D eigenvalue weighted by Gasteiger charge is 2.49. The molecule has 1 N–H and O–H groups in total. The first-order chi connectivity index (χ1) is 18.7. The van der Waals surface area contributed by atoms with Crippen LogP contribution in [-0.2, 0) is 0 Å². The predicted octanol–water partition coefficient (Wildman–Crippen LogP) is 5.27. The number of aromatic nitrogens is 2. The Kier molecular flexibility index (Phi) is 5.07. The van der Waals surface area contributed by atoms with Crippen LogP contribution >= 0.6 is 11.3 Å². The SMILES string of the molecule is CC1(C)CCN2C(=O)c3c(O)c(=O)ccn3N([C@@H]3c4ccccc4-c4scnc4-c4c3ccc(F)c4F)[C@@H]2C1. The van der Waals surface area contributed by atoms with Gasteiger partial charge in [-0.1, -0.05) is 44.2 Å². The molecule has 7 rings (SSSR count). The summed E-state index contributed by atoms with van der Waals surface area (Å²) < 4.78 is 32.0. The van der Waals surface area contributed by atoms with E-state index in [0.717, 1.165) is 28.5 Å². The minimum Gasteiger partial charge on any atom is -0.502 e. The molecule has 1 amide bonds. The number of halogens is 2. The number of fused-ring (bicyclic) bond motifs is 7. The third kappa shape index (κ3) is 3.33. The molecule has 2 aromatic carbocycles. The van der Waals surface area contributed by atoms with Gasteiger partial charge in [0.15, 0.2) is 23.1 Å². The predicted molar refractivity (Wildman–Crippen MR) is 143 cm³/mol. The lowest BCUT2D eigenvalue weighted by Gasteiger charge is -2.54. The molecule has 198 valence electrons. The molecular weight excluding hydrogens is 522 g/mol. The summed E-state index contributed by atoms with van der Waals surface area (Å²) in [5, 5.41) is 12.8. The number of hydrogen-bond acceptors (Lipinski definition) is 6. The van der Waals surface area contributed by atoms with Crippen LogP contribution in [0.25, 0.3) is 21.7 Å². The monoisotopic (exact) mass is 546 g/mol. The second-order valence-corrected chi connectivity index (χ2v) is 11.9. The standard InChI is InChI=1S/C29H24F2N4O3S/c1-29(2)10-12-33-20(13-29)35(34-11-9-19(36)26(37)25(34)28(33)38)24-15-5-3-4-6-16(15)27-23(32-14-39-27)21-17(24)7-8-18(30)22(21)31/h3-9,11,14,20,24,37H,10,12-13H2,1-2H3/t20-,24-/m1/s1. The normalized spacial score (nSPS) is 20.9. The molecule has 0 radical (unpaired) electrons. The molecule has 4 heterocycles. The number of rotatable bonds is 1. The highest BCUT2D eigenvalue weighted by molar-refractivity contribution is 7.13. The third-order valence-electron chi connectivity index (χ3n) is 8.19. The molecule has 4 aromatic rings. The van der Waals surface area contributed by atoms with Crippen LogP contribution in [-0.4, -0.2) is 38.3 Å². The number of benzene rings is 2. The summed E-state index contributed by atoms with van der Waals surface area (Å²) in [4.78, 5) is 33.1. The Hall–Kier alpha value is -4.05. The van der Waals surface area contributed by atoms with Gasteiger partial charge in [0.25, 0.3) is 5.91 Å². The van der Waals surface area contributed by atoms with Crippen LogP contribution < -0.4 is 10.4 Å². The summed E-state index contributed by atoms with van der Waals surface area (Å²) in [5.41, 5.74) is 3.24. The van der Waals surface area contributed by atoms with Gasteiger partial charge in [-0.3, -0.25) is 19.3 Å². The van der Waals surface area contributed by atoms with E-state index >= 15 is 4.39 Å². The minimum atomic E-state index is -0.991. The average Bonchev–Trinajstić information content (AvgIpc) is 3.35. The zero-order valence-corrected chi connectivity index (χ0v) is 22.0. The van der Waals surface area contributed by atoms with Gasteiger partial charge in [0.05, 0.1) is 22.1 Å². The highest BCUT2D eigenvalue weighted by atomic mass is 32.1. The van der Waals surface area contributed by atoms with Crippen molar-refractivity contribution in [2.24, 2.45) is 5.41 Å². The smallest absolute Gasteiger partial charge is 0.278 e. The highest BCUT2D eigenvalue weighted by Crippen LogP contribution is 2.51. The van der Waals surface area contributed by atoms with Gasteiger partial charge in [0.1, 0.15) is 6.17 Å². The first kappa shape index (κ1) is 24.0. The molecule has 7 nitrogen and oxygen atoms in total. The van der Waals surface area contributed by atoms with Crippen molar-refractivity contribution in [3.63, 3.8) is 0 Å². The summed E-state index contributed by atoms with van der Waals surface area (Å²) in [7, 11) is 0. The number of nitrogens with zero attached hydrogens (tertiary/aromatic N) is 4. The van der Waals surface area contributed by atoms with Gasteiger partial charge in [0.2, 0.25) is 5.43 Å². The Morgan fingerprint density at radius 3 is 2.69 bits per heavy atom. The number of aromatic hydroxyl groups is 1. The fourth-order valence-electron chi connectivity index (χ4n) is 6.28. The molecule has 1 fully saturated rings. The molecule has 0 spiro atoms. The van der Waals surface area contributed by atoms with E-state index in [0.29, 0.717) is 24.2 Å². The van der Waals surface area contributed by atoms with Gasteiger partial charge < -0.3 is 10.0 Å². The van der Waals surface area contributed by atoms with Crippen LogP contribution in [0.2, 0.25) is 0 Å². The molecule has 0 saturated carbocycles. The number of thiazole rings is 1. The topological polar surface area (TPSA) is 78.7 Å². The van der Waals surface area contributed by atoms with Gasteiger partial charge in [-0.2, -0.15) is 0 Å². The fraction of sp³-hybridized carbons (Fsp3) is 0.276. The van der Waals surface area contributed by atoms with Crippen LogP contribution in [0.3, 0.4) is 0 Å². The number of carbonyl (C=O) groups excluding carboxylic acids is 1. The Morgan fingerprint density at radius 1 is 1.08 bits per heavy atom. The molecule has 3 aliphatic rings. The average molecular weight is 547 g/mol. The summed E-state index contributed by atoms with van der Waals surface area (Å²) in [6, 6.07) is 10.8. The number of carbonyl (C=O) groups is 1. The molecule has 1 aliphatic carbocycles. The number of hydrogen-bond donors (Lipinski definition) is 1. The molecule has 0 bridgehead atoms. The van der Waals surface area contributed by atoms with Gasteiger partial charge in [-0.25, -0.2) is 13.8 Å². The second-order valence-electron chi connectivity index (χ2n) is 11.0. The molecule has 2 aromatic heterocycles. The maximum atomic E-state index is 15.7. The first-order valence-electron chi connectivity index (χ1n) is 12.7. The van der Waals surface area contributed by atoms with Crippen LogP contribution in [0.1, 0.15) is 54.3 Å². The van der Waals surface area contributed by atoms with Crippen molar-refractivity contribution in [2.75, 3.05) is 11.6 Å². The summed E-state index contributed by atoms with van der Waals surface area (Å²) in [6.45, 7) is 4.69. The van der Waals surface area contributed by atoms with Crippen molar-refractivity contribution in [1.82, 2.24) is 14.6 Å². The Labute approximate surface area is 226 Å². The van der Waals surface area contributed by atoms with Crippen molar-refractivity contribution in [3.05, 3.63) is 92.9 Å². The van der Waals surface area contributed by atoms with E-state index in [9.17, 15) is 19.1 Å². The van der Waals surface area contributed by atoms with E-state index < -0.39 is 40.9 Å². The van der Waals surface area contributed by atoms with E-state index in [1.54, 1.807) is 16.5 Å². The van der Waals surface area contributed by atoms with Gasteiger partial charge >= 0.3 is 0 Å². The quantitative estimate of drug-likeness (QED) is 0.352. The van der Waals surface area contributed by atoms with Crippen molar-refractivity contribution < 1.29 is 18.7 Å². The number of amides is 1. The van der Waals surface area contributed by atoms with Gasteiger partial charge in [0, 0.05) is 24.4 Å². The van der Waals surface area contributed by atoms with Crippen molar-refractivity contribution in [3.8, 4) is 27.4 Å². The molecule has 10 heteroatoms. The number of pyridine rings is 1. The summed E-state index contributed by atoms with van der Waals surface area (Å²) in [5.74, 6) is -3.04. The van der Waals surface area contributed by atoms with Gasteiger partial charge in [-0.05, 0) is 41.0 Å². The van der Waals surface area contributed by atoms with Crippen LogP contribution in [0.5, 0.6) is 5.75 Å². The molecule has 2 aliphatic heterocycles. The van der Waals surface area contributed by atoms with E-state index in [1.165, 1.54) is 28.3 Å². The zero-order chi connectivity index (χ0) is 27.2. The van der Waals surface area contributed by atoms with Crippen LogP contribution in [0, 0.1) is 17.0 Å². The number of piperidine rings is 1. The molecule has 1 saturated heterocycles. The Morgan fingerprint density at radius 2 is 1.87 bits per heavy atom. The summed E-state index contributed by atoms with van der Waals surface area (Å²) in [6.07, 6.45) is 2.32. The molecule has 2 atom stereocenters. The second kappa shape index (κ2) is 8.22. The maximum Gasteiger partial charge on any atom is 0.278 e. The Balaban J connectivity index is 1.59. The molecule has 0 unspecified atom stereocenters. The largest absolute Gasteiger partial charge is 0.502 e. The Bertz CT molecular complexity index is 1750. The zero-order valence-electron chi connectivity index (χ0n) is 21.2. The van der Waals surface area contributed by atoms with E-state index in [2.05, 4.69) is 18.8 Å². The minimum absolute atomic E-state index is 0.0674. The van der Waals surface area contributed by atoms with E-state index in [1.807, 2.05) is 29.3 Å². The lowest BCUT2D eigenvalue weighted by atomic mass is 9.79. The molecule has 39 heavy (non-hydrogen) atoms. The van der Waals surface area contributed by atoms with Crippen LogP contribution in [0.15, 0.2) is 59.0 Å². The van der Waals surface area contributed by atoms with Crippen molar-refractivity contribution >= 4 is 17.2 Å². The summed E-state index contributed by atoms with van der Waals surface area (Å²) >= 11 is 1.35. The first-order valence-corrected chi connectivity index (χ1v) is 13.6. The fourth-order valence-corrected chi connectivity index (χ4v) is 7.12.